The molecule has 0 aliphatic heterocycles. The summed E-state index contributed by atoms with van der Waals surface area (Å²) >= 11 is 2.60. The third kappa shape index (κ3) is 5.95. The van der Waals surface area contributed by atoms with Gasteiger partial charge in [0, 0.05) is 17.5 Å². The Balaban J connectivity index is 1.26. The van der Waals surface area contributed by atoms with Crippen LogP contribution in [0, 0.1) is 0 Å². The van der Waals surface area contributed by atoms with Crippen LogP contribution in [0.3, 0.4) is 0 Å². The summed E-state index contributed by atoms with van der Waals surface area (Å²) in [5, 5.41) is 21.5. The topological polar surface area (TPSA) is 93.5 Å². The van der Waals surface area contributed by atoms with E-state index >= 15 is 0 Å². The zero-order chi connectivity index (χ0) is 23.9. The third-order valence-electron chi connectivity index (χ3n) is 5.01. The van der Waals surface area contributed by atoms with Crippen LogP contribution in [0.2, 0.25) is 0 Å². The van der Waals surface area contributed by atoms with Gasteiger partial charge in [-0.15, -0.1) is 20.4 Å². The summed E-state index contributed by atoms with van der Waals surface area (Å²) < 4.78 is 0. The fourth-order valence-electron chi connectivity index (χ4n) is 3.39. The van der Waals surface area contributed by atoms with Gasteiger partial charge in [-0.2, -0.15) is 0 Å². The van der Waals surface area contributed by atoms with Crippen molar-refractivity contribution in [3.63, 3.8) is 0 Å². The summed E-state index contributed by atoms with van der Waals surface area (Å²) in [6, 6.07) is 29.7. The molecular weight excluding hydrogens is 476 g/mol. The molecular formula is C26H20N6OS2. The summed E-state index contributed by atoms with van der Waals surface area (Å²) in [6.45, 7) is 0. The van der Waals surface area contributed by atoms with E-state index in [4.69, 9.17) is 4.98 Å². The van der Waals surface area contributed by atoms with Crippen molar-refractivity contribution in [2.75, 3.05) is 11.1 Å². The maximum atomic E-state index is 12.5. The SMILES string of the molecule is O=C(CSc1nnc(-c2ccccc2)c(-c2ccccc2)n1)Nc1nnc(Cc2ccccc2)s1. The van der Waals surface area contributed by atoms with Gasteiger partial charge in [0.1, 0.15) is 16.4 Å². The van der Waals surface area contributed by atoms with Gasteiger partial charge in [-0.25, -0.2) is 4.98 Å². The number of benzene rings is 3. The van der Waals surface area contributed by atoms with Gasteiger partial charge >= 0.3 is 0 Å². The highest BCUT2D eigenvalue weighted by Gasteiger charge is 2.15. The predicted octanol–water partition coefficient (Wildman–Crippen LogP) is 5.38. The van der Waals surface area contributed by atoms with Gasteiger partial charge in [0.25, 0.3) is 0 Å². The zero-order valence-electron chi connectivity index (χ0n) is 18.5. The second kappa shape index (κ2) is 11.0. The molecule has 0 fully saturated rings. The molecule has 0 unspecified atom stereocenters. The van der Waals surface area contributed by atoms with Crippen molar-refractivity contribution in [3.8, 4) is 22.5 Å². The van der Waals surface area contributed by atoms with Crippen LogP contribution >= 0.6 is 23.1 Å². The minimum Gasteiger partial charge on any atom is -0.300 e. The number of carbonyl (C=O) groups is 1. The molecule has 172 valence electrons. The van der Waals surface area contributed by atoms with Gasteiger partial charge in [0.2, 0.25) is 16.2 Å². The Bertz CT molecular complexity index is 1410. The first-order valence-electron chi connectivity index (χ1n) is 10.9. The lowest BCUT2D eigenvalue weighted by atomic mass is 10.0. The summed E-state index contributed by atoms with van der Waals surface area (Å²) in [5.74, 6) is -0.0665. The molecule has 3 aromatic carbocycles. The van der Waals surface area contributed by atoms with Crippen LogP contribution < -0.4 is 5.32 Å². The molecule has 1 N–H and O–H groups in total. The second-order valence-corrected chi connectivity index (χ2v) is 9.53. The number of carbonyl (C=O) groups excluding carboxylic acids is 1. The molecule has 0 radical (unpaired) electrons. The Hall–Kier alpha value is -3.95. The fourth-order valence-corrected chi connectivity index (χ4v) is 4.77. The minimum atomic E-state index is -0.200. The van der Waals surface area contributed by atoms with Crippen LogP contribution in [0.1, 0.15) is 10.6 Å². The Kier molecular flexibility index (Phi) is 7.16. The summed E-state index contributed by atoms with van der Waals surface area (Å²) in [6.07, 6.45) is 0.679. The number of aromatic nitrogens is 5. The average Bonchev–Trinajstić information content (AvgIpc) is 3.35. The largest absolute Gasteiger partial charge is 0.300 e. The number of rotatable bonds is 8. The third-order valence-corrected chi connectivity index (χ3v) is 6.68. The van der Waals surface area contributed by atoms with E-state index in [-0.39, 0.29) is 11.7 Å². The smallest absolute Gasteiger partial charge is 0.236 e. The molecule has 0 spiro atoms. The highest BCUT2D eigenvalue weighted by molar-refractivity contribution is 7.99. The Labute approximate surface area is 210 Å². The molecule has 35 heavy (non-hydrogen) atoms. The first-order valence-corrected chi connectivity index (χ1v) is 12.7. The van der Waals surface area contributed by atoms with Crippen molar-refractivity contribution in [3.05, 3.63) is 102 Å². The molecule has 2 heterocycles. The lowest BCUT2D eigenvalue weighted by Crippen LogP contribution is -2.14. The van der Waals surface area contributed by atoms with Crippen LogP contribution in [0.25, 0.3) is 22.5 Å². The predicted molar refractivity (Wildman–Crippen MR) is 139 cm³/mol. The van der Waals surface area contributed by atoms with Crippen LogP contribution in [0.15, 0.2) is 96.2 Å². The van der Waals surface area contributed by atoms with E-state index in [9.17, 15) is 4.79 Å². The van der Waals surface area contributed by atoms with E-state index in [0.29, 0.717) is 22.4 Å². The molecule has 0 saturated carbocycles. The summed E-state index contributed by atoms with van der Waals surface area (Å²) in [7, 11) is 0. The Morgan fingerprint density at radius 1 is 0.743 bits per heavy atom. The van der Waals surface area contributed by atoms with Gasteiger partial charge < -0.3 is 0 Å². The molecule has 2 aromatic heterocycles. The standard InChI is InChI=1S/C26H20N6OS2/c33-21(27-26-32-29-22(35-26)16-18-10-4-1-5-11-18)17-34-25-28-23(19-12-6-2-7-13-19)24(30-31-25)20-14-8-3-9-15-20/h1-15H,16-17H2,(H,27,32,33). The zero-order valence-corrected chi connectivity index (χ0v) is 20.2. The quantitative estimate of drug-likeness (QED) is 0.288. The van der Waals surface area contributed by atoms with E-state index in [1.54, 1.807) is 0 Å². The number of amides is 1. The lowest BCUT2D eigenvalue weighted by Gasteiger charge is -2.09. The summed E-state index contributed by atoms with van der Waals surface area (Å²) in [4.78, 5) is 17.3. The monoisotopic (exact) mass is 496 g/mol. The van der Waals surface area contributed by atoms with Gasteiger partial charge in [-0.05, 0) is 5.56 Å². The van der Waals surface area contributed by atoms with E-state index in [1.807, 2.05) is 91.0 Å². The van der Waals surface area contributed by atoms with Crippen LogP contribution in [0.4, 0.5) is 5.13 Å². The van der Waals surface area contributed by atoms with Gasteiger partial charge in [-0.3, -0.25) is 10.1 Å². The van der Waals surface area contributed by atoms with Crippen LogP contribution in [0.5, 0.6) is 0 Å². The molecule has 0 bridgehead atoms. The fraction of sp³-hybridized carbons (Fsp3) is 0.0769. The van der Waals surface area contributed by atoms with E-state index in [0.717, 1.165) is 27.4 Å². The van der Waals surface area contributed by atoms with Crippen molar-refractivity contribution in [1.29, 1.82) is 0 Å². The number of thioether (sulfide) groups is 1. The molecule has 9 heteroatoms. The van der Waals surface area contributed by atoms with Crippen molar-refractivity contribution >= 4 is 34.1 Å². The molecule has 0 aliphatic carbocycles. The number of nitrogens with one attached hydrogen (secondary N) is 1. The maximum absolute atomic E-state index is 12.5. The lowest BCUT2D eigenvalue weighted by molar-refractivity contribution is -0.113. The van der Waals surface area contributed by atoms with E-state index < -0.39 is 0 Å². The molecule has 5 aromatic rings. The van der Waals surface area contributed by atoms with E-state index in [1.165, 1.54) is 23.1 Å². The van der Waals surface area contributed by atoms with Gasteiger partial charge in [0.05, 0.1) is 5.75 Å². The van der Waals surface area contributed by atoms with Gasteiger partial charge in [0.15, 0.2) is 0 Å². The molecule has 0 aliphatic rings. The highest BCUT2D eigenvalue weighted by Crippen LogP contribution is 2.29. The first kappa shape index (κ1) is 22.8. The molecule has 1 amide bonds. The van der Waals surface area contributed by atoms with Crippen molar-refractivity contribution < 1.29 is 4.79 Å². The normalized spacial score (nSPS) is 10.7. The number of anilines is 1. The summed E-state index contributed by atoms with van der Waals surface area (Å²) in [5.41, 5.74) is 4.44. The molecule has 0 saturated heterocycles. The van der Waals surface area contributed by atoms with Crippen molar-refractivity contribution in [2.45, 2.75) is 11.6 Å². The van der Waals surface area contributed by atoms with Crippen molar-refractivity contribution in [1.82, 2.24) is 25.4 Å². The van der Waals surface area contributed by atoms with Crippen LogP contribution in [-0.2, 0) is 11.2 Å². The number of nitrogens with zero attached hydrogens (tertiary/aromatic N) is 5. The average molecular weight is 497 g/mol. The molecule has 7 nitrogen and oxygen atoms in total. The minimum absolute atomic E-state index is 0.133. The molecule has 5 rings (SSSR count). The molecule has 0 atom stereocenters. The Morgan fingerprint density at radius 3 is 2.06 bits per heavy atom. The number of hydrogen-bond donors (Lipinski definition) is 1. The highest BCUT2D eigenvalue weighted by atomic mass is 32.2. The van der Waals surface area contributed by atoms with Gasteiger partial charge in [-0.1, -0.05) is 114 Å². The first-order chi connectivity index (χ1) is 17.2. The number of hydrogen-bond acceptors (Lipinski definition) is 8. The maximum Gasteiger partial charge on any atom is 0.236 e. The second-order valence-electron chi connectivity index (χ2n) is 7.52. The Morgan fingerprint density at radius 2 is 1.37 bits per heavy atom. The van der Waals surface area contributed by atoms with Crippen LogP contribution in [-0.4, -0.2) is 37.0 Å². The van der Waals surface area contributed by atoms with Crippen molar-refractivity contribution in [2.24, 2.45) is 0 Å². The van der Waals surface area contributed by atoms with E-state index in [2.05, 4.69) is 25.7 Å².